The van der Waals surface area contributed by atoms with Crippen molar-refractivity contribution >= 4 is 11.9 Å². The van der Waals surface area contributed by atoms with E-state index in [1.165, 1.54) is 0 Å². The molecule has 0 aliphatic rings. The normalized spacial score (nSPS) is 5.00. The van der Waals surface area contributed by atoms with Crippen LogP contribution >= 0.6 is 0 Å². The second-order valence-electron chi connectivity index (χ2n) is 0.983. The largest absolute Gasteiger partial charge is 2.00 e. The van der Waals surface area contributed by atoms with Crippen molar-refractivity contribution in [2.45, 2.75) is 13.8 Å². The molecule has 10 heavy (non-hydrogen) atoms. The third-order valence-corrected chi connectivity index (χ3v) is 0. The zero-order valence-corrected chi connectivity index (χ0v) is 7.72. The van der Waals surface area contributed by atoms with E-state index in [1.54, 1.807) is 0 Å². The first-order chi connectivity index (χ1) is 3.46. The van der Waals surface area contributed by atoms with E-state index >= 15 is 0 Å². The third-order valence-electron chi connectivity index (χ3n) is 0. The number of rotatable bonds is 0. The SMILES string of the molecule is CC(=O)[O-].CC(=O)[O-].O.[Pt+2]. The molecule has 0 fully saturated rings. The number of carboxylic acids is 2. The molecule has 0 spiro atoms. The maximum absolute atomic E-state index is 8.89. The fraction of sp³-hybridized carbons (Fsp3) is 0.500. The van der Waals surface area contributed by atoms with Crippen molar-refractivity contribution in [1.82, 2.24) is 0 Å². The molecule has 0 unspecified atom stereocenters. The van der Waals surface area contributed by atoms with Crippen LogP contribution in [0.15, 0.2) is 0 Å². The number of hydrogen-bond donors (Lipinski definition) is 0. The molecule has 5 nitrogen and oxygen atoms in total. The van der Waals surface area contributed by atoms with E-state index in [2.05, 4.69) is 0 Å². The average molecular weight is 331 g/mol. The van der Waals surface area contributed by atoms with Crippen LogP contribution in [0.4, 0.5) is 0 Å². The maximum Gasteiger partial charge on any atom is 2.00 e. The Morgan fingerprint density at radius 1 is 1.00 bits per heavy atom. The summed E-state index contributed by atoms with van der Waals surface area (Å²) in [6.07, 6.45) is 0. The number of hydrogen-bond acceptors (Lipinski definition) is 4. The van der Waals surface area contributed by atoms with Gasteiger partial charge < -0.3 is 25.3 Å². The second kappa shape index (κ2) is 15.8. The molecule has 2 N–H and O–H groups in total. The van der Waals surface area contributed by atoms with E-state index in [4.69, 9.17) is 19.8 Å². The van der Waals surface area contributed by atoms with E-state index < -0.39 is 11.9 Å². The van der Waals surface area contributed by atoms with E-state index in [-0.39, 0.29) is 26.5 Å². The van der Waals surface area contributed by atoms with E-state index in [0.29, 0.717) is 0 Å². The topological polar surface area (TPSA) is 112 Å². The molecule has 0 aliphatic heterocycles. The van der Waals surface area contributed by atoms with Crippen LogP contribution < -0.4 is 10.2 Å². The Morgan fingerprint density at radius 3 is 1.00 bits per heavy atom. The number of carbonyl (C=O) groups is 2. The van der Waals surface area contributed by atoms with Crippen molar-refractivity contribution in [1.29, 1.82) is 0 Å². The van der Waals surface area contributed by atoms with Gasteiger partial charge in [-0.3, -0.25) is 0 Å². The molecule has 64 valence electrons. The zero-order chi connectivity index (χ0) is 7.15. The van der Waals surface area contributed by atoms with E-state index in [0.717, 1.165) is 13.8 Å². The molecule has 0 aromatic carbocycles. The number of carboxylic acid groups (broad SMARTS) is 2. The van der Waals surface area contributed by atoms with Crippen molar-refractivity contribution in [3.8, 4) is 0 Å². The first-order valence-corrected chi connectivity index (χ1v) is 1.82. The van der Waals surface area contributed by atoms with Gasteiger partial charge >= 0.3 is 21.1 Å². The fourth-order valence-electron chi connectivity index (χ4n) is 0. The summed E-state index contributed by atoms with van der Waals surface area (Å²) in [6, 6.07) is 0. The predicted octanol–water partition coefficient (Wildman–Crippen LogP) is -3.31. The van der Waals surface area contributed by atoms with Crippen LogP contribution in [0.1, 0.15) is 13.8 Å². The van der Waals surface area contributed by atoms with Crippen molar-refractivity contribution < 1.29 is 46.3 Å². The van der Waals surface area contributed by atoms with Crippen molar-refractivity contribution in [3.05, 3.63) is 0 Å². The summed E-state index contributed by atoms with van der Waals surface area (Å²) >= 11 is 0. The Bertz CT molecular complexity index is 71.6. The Hall–Kier alpha value is -0.412. The molecule has 0 heterocycles. The van der Waals surface area contributed by atoms with Crippen molar-refractivity contribution in [2.24, 2.45) is 0 Å². The van der Waals surface area contributed by atoms with Gasteiger partial charge in [-0.25, -0.2) is 0 Å². The van der Waals surface area contributed by atoms with Gasteiger partial charge in [0.25, 0.3) is 0 Å². The van der Waals surface area contributed by atoms with Gasteiger partial charge in [0.1, 0.15) is 0 Å². The molecule has 0 aromatic heterocycles. The van der Waals surface area contributed by atoms with Gasteiger partial charge in [-0.05, 0) is 13.8 Å². The van der Waals surface area contributed by atoms with Gasteiger partial charge in [-0.2, -0.15) is 0 Å². The quantitative estimate of drug-likeness (QED) is 0.462. The molecule has 0 bridgehead atoms. The van der Waals surface area contributed by atoms with Gasteiger partial charge in [0, 0.05) is 11.9 Å². The minimum atomic E-state index is -1.08. The van der Waals surface area contributed by atoms with Crippen molar-refractivity contribution in [3.63, 3.8) is 0 Å². The predicted molar refractivity (Wildman–Crippen MR) is 25.0 cm³/mol. The Morgan fingerprint density at radius 2 is 1.00 bits per heavy atom. The molecular weight excluding hydrogens is 323 g/mol. The van der Waals surface area contributed by atoms with Crippen LogP contribution in [-0.2, 0) is 30.7 Å². The summed E-state index contributed by atoms with van der Waals surface area (Å²) in [5.74, 6) is -2.17. The average Bonchev–Trinajstić information content (AvgIpc) is 1.25. The molecule has 0 radical (unpaired) electrons. The second-order valence-corrected chi connectivity index (χ2v) is 0.983. The van der Waals surface area contributed by atoms with Crippen LogP contribution in [-0.4, -0.2) is 17.4 Å². The van der Waals surface area contributed by atoms with Crippen LogP contribution in [0.5, 0.6) is 0 Å². The van der Waals surface area contributed by atoms with Crippen LogP contribution in [0.2, 0.25) is 0 Å². The standard InChI is InChI=1S/2C2H4O2.H2O.Pt/c2*1-2(3)4;;/h2*1H3,(H,3,4);1H2;/q;;;+2/p-2. The summed E-state index contributed by atoms with van der Waals surface area (Å²) in [5, 5.41) is 17.8. The van der Waals surface area contributed by atoms with E-state index in [1.807, 2.05) is 0 Å². The maximum atomic E-state index is 8.89. The van der Waals surface area contributed by atoms with Gasteiger partial charge in [0.15, 0.2) is 0 Å². The van der Waals surface area contributed by atoms with Gasteiger partial charge in [0.2, 0.25) is 0 Å². The Balaban J connectivity index is -0.0000000300. The molecule has 0 aliphatic carbocycles. The zero-order valence-electron chi connectivity index (χ0n) is 5.45. The van der Waals surface area contributed by atoms with Crippen molar-refractivity contribution in [2.75, 3.05) is 0 Å². The molecule has 0 atom stereocenters. The third kappa shape index (κ3) is 1940. The van der Waals surface area contributed by atoms with Gasteiger partial charge in [-0.1, -0.05) is 0 Å². The summed E-state index contributed by atoms with van der Waals surface area (Å²) < 4.78 is 0. The molecule has 0 aromatic rings. The molecular formula is C4H8O5Pt. The summed E-state index contributed by atoms with van der Waals surface area (Å²) in [7, 11) is 0. The monoisotopic (exact) mass is 331 g/mol. The first-order valence-electron chi connectivity index (χ1n) is 1.82. The minimum absolute atomic E-state index is 0. The molecule has 0 rings (SSSR count). The summed E-state index contributed by atoms with van der Waals surface area (Å²) in [4.78, 5) is 17.8. The molecule has 0 saturated heterocycles. The van der Waals surface area contributed by atoms with E-state index in [9.17, 15) is 0 Å². The summed E-state index contributed by atoms with van der Waals surface area (Å²) in [5.41, 5.74) is 0. The molecule has 6 heteroatoms. The Kier molecular flexibility index (Phi) is 35.9. The Labute approximate surface area is 72.6 Å². The molecule has 0 amide bonds. The van der Waals surface area contributed by atoms with Gasteiger partial charge in [0.05, 0.1) is 0 Å². The number of carbonyl (C=O) groups excluding carboxylic acids is 2. The van der Waals surface area contributed by atoms with Gasteiger partial charge in [-0.15, -0.1) is 0 Å². The van der Waals surface area contributed by atoms with Crippen LogP contribution in [0, 0.1) is 0 Å². The number of aliphatic carboxylic acids is 2. The molecule has 0 saturated carbocycles. The minimum Gasteiger partial charge on any atom is -0.550 e. The first kappa shape index (κ1) is 22.6. The summed E-state index contributed by atoms with van der Waals surface area (Å²) in [6.45, 7) is 1.94. The smallest absolute Gasteiger partial charge is 0.550 e. The van der Waals surface area contributed by atoms with Crippen LogP contribution in [0.25, 0.3) is 0 Å². The van der Waals surface area contributed by atoms with Crippen LogP contribution in [0.3, 0.4) is 0 Å². The fourth-order valence-corrected chi connectivity index (χ4v) is 0.